The third kappa shape index (κ3) is 3.35. The Balaban J connectivity index is 2.30. The molecule has 17 heavy (non-hydrogen) atoms. The molecule has 88 valence electrons. The van der Waals surface area contributed by atoms with E-state index in [-0.39, 0.29) is 0 Å². The van der Waals surface area contributed by atoms with Crippen molar-refractivity contribution in [2.24, 2.45) is 0 Å². The van der Waals surface area contributed by atoms with Gasteiger partial charge in [-0.3, -0.25) is 0 Å². The first-order valence-electron chi connectivity index (χ1n) is 6.12. The summed E-state index contributed by atoms with van der Waals surface area (Å²) in [5.41, 5.74) is 2.84. The van der Waals surface area contributed by atoms with E-state index in [4.69, 9.17) is 0 Å². The summed E-state index contributed by atoms with van der Waals surface area (Å²) < 4.78 is 0. The van der Waals surface area contributed by atoms with E-state index < -0.39 is 0 Å². The van der Waals surface area contributed by atoms with Gasteiger partial charge in [-0.05, 0) is 12.0 Å². The molecule has 1 heterocycles. The smallest absolute Gasteiger partial charge is 0.0356 e. The quantitative estimate of drug-likeness (QED) is 0.606. The zero-order chi connectivity index (χ0) is 11.9. The molecule has 0 saturated heterocycles. The molecule has 1 aliphatic carbocycles. The number of nitrogens with zero attached hydrogens (tertiary/aromatic N) is 1. The highest BCUT2D eigenvalue weighted by atomic mass is 15.1. The van der Waals surface area contributed by atoms with Crippen LogP contribution in [0.25, 0.3) is 0 Å². The highest BCUT2D eigenvalue weighted by Crippen LogP contribution is 2.21. The van der Waals surface area contributed by atoms with Crippen molar-refractivity contribution in [2.45, 2.75) is 12.8 Å². The Labute approximate surface area is 104 Å². The van der Waals surface area contributed by atoms with Gasteiger partial charge in [0.15, 0.2) is 0 Å². The lowest BCUT2D eigenvalue weighted by Crippen LogP contribution is -2.18. The Kier molecular flexibility index (Phi) is 4.20. The maximum atomic E-state index is 2.33. The highest BCUT2D eigenvalue weighted by molar-refractivity contribution is 5.34. The number of likely N-dealkylation sites (N-methyl/N-ethyl adjacent to an activating group) is 1. The SMILES string of the molecule is CN1C/C=C/C=C\C=C/CC2=C1CC=CC=C2. The fourth-order valence-electron chi connectivity index (χ4n) is 2.05. The van der Waals surface area contributed by atoms with Crippen LogP contribution in [0.2, 0.25) is 0 Å². The molecule has 0 amide bonds. The van der Waals surface area contributed by atoms with Crippen LogP contribution in [0.4, 0.5) is 0 Å². The minimum Gasteiger partial charge on any atom is -0.374 e. The molecule has 1 nitrogen and oxygen atoms in total. The Morgan fingerprint density at radius 2 is 1.53 bits per heavy atom. The highest BCUT2D eigenvalue weighted by Gasteiger charge is 2.08. The van der Waals surface area contributed by atoms with Gasteiger partial charge in [-0.2, -0.15) is 0 Å². The molecular weight excluding hydrogens is 206 g/mol. The van der Waals surface area contributed by atoms with E-state index in [9.17, 15) is 0 Å². The Morgan fingerprint density at radius 1 is 0.824 bits per heavy atom. The van der Waals surface area contributed by atoms with Gasteiger partial charge < -0.3 is 4.90 Å². The Hall–Kier alpha value is -1.76. The second-order valence-corrected chi connectivity index (χ2v) is 4.29. The van der Waals surface area contributed by atoms with Crippen molar-refractivity contribution in [1.29, 1.82) is 0 Å². The van der Waals surface area contributed by atoms with E-state index in [1.54, 1.807) is 0 Å². The lowest BCUT2D eigenvalue weighted by molar-refractivity contribution is 0.450. The number of hydrogen-bond donors (Lipinski definition) is 0. The molecule has 2 aliphatic rings. The van der Waals surface area contributed by atoms with Gasteiger partial charge in [0.25, 0.3) is 0 Å². The van der Waals surface area contributed by atoms with Crippen molar-refractivity contribution in [3.05, 3.63) is 72.0 Å². The molecule has 0 atom stereocenters. The molecule has 0 spiro atoms. The lowest BCUT2D eigenvalue weighted by atomic mass is 10.1. The molecule has 2 rings (SSSR count). The molecule has 0 radical (unpaired) electrons. The second kappa shape index (κ2) is 6.09. The number of rotatable bonds is 0. The first-order valence-corrected chi connectivity index (χ1v) is 6.12. The van der Waals surface area contributed by atoms with Gasteiger partial charge in [0, 0.05) is 25.7 Å². The number of hydrogen-bond acceptors (Lipinski definition) is 1. The predicted molar refractivity (Wildman–Crippen MR) is 74.6 cm³/mol. The first-order chi connectivity index (χ1) is 8.38. The molecular formula is C16H19N. The third-order valence-corrected chi connectivity index (χ3v) is 3.01. The minimum absolute atomic E-state index is 0.963. The van der Waals surface area contributed by atoms with Crippen LogP contribution in [0.1, 0.15) is 12.8 Å². The van der Waals surface area contributed by atoms with Gasteiger partial charge in [0.05, 0.1) is 0 Å². The average Bonchev–Trinajstić information content (AvgIpc) is 2.57. The van der Waals surface area contributed by atoms with Crippen LogP contribution in [0.3, 0.4) is 0 Å². The van der Waals surface area contributed by atoms with E-state index >= 15 is 0 Å². The molecule has 0 unspecified atom stereocenters. The fraction of sp³-hybridized carbons (Fsp3) is 0.250. The summed E-state index contributed by atoms with van der Waals surface area (Å²) in [6, 6.07) is 0. The Morgan fingerprint density at radius 3 is 2.41 bits per heavy atom. The molecule has 0 aromatic rings. The van der Waals surface area contributed by atoms with Gasteiger partial charge in [-0.15, -0.1) is 0 Å². The van der Waals surface area contributed by atoms with E-state index in [0.29, 0.717) is 0 Å². The average molecular weight is 225 g/mol. The van der Waals surface area contributed by atoms with Crippen LogP contribution >= 0.6 is 0 Å². The summed E-state index contributed by atoms with van der Waals surface area (Å²) in [7, 11) is 2.16. The molecule has 1 aliphatic heterocycles. The van der Waals surface area contributed by atoms with Crippen LogP contribution in [0.15, 0.2) is 72.0 Å². The summed E-state index contributed by atoms with van der Waals surface area (Å²) in [4.78, 5) is 2.33. The van der Waals surface area contributed by atoms with Crippen LogP contribution in [-0.2, 0) is 0 Å². The normalized spacial score (nSPS) is 25.8. The molecule has 0 aromatic heterocycles. The fourth-order valence-corrected chi connectivity index (χ4v) is 2.05. The van der Waals surface area contributed by atoms with E-state index in [1.807, 2.05) is 0 Å². The van der Waals surface area contributed by atoms with Crippen molar-refractivity contribution in [3.8, 4) is 0 Å². The standard InChI is InChI=1S/C16H19N/c1-17-14-10-5-3-2-4-7-11-15-12-8-6-9-13-16(15)17/h2-10,12H,11,13-14H2,1H3/b3-2-,7-4-,10-5+. The van der Waals surface area contributed by atoms with Crippen molar-refractivity contribution < 1.29 is 0 Å². The summed E-state index contributed by atoms with van der Waals surface area (Å²) in [6.45, 7) is 0.963. The Bertz CT molecular complexity index is 430. The van der Waals surface area contributed by atoms with Gasteiger partial charge in [-0.1, -0.05) is 60.8 Å². The molecule has 0 fully saturated rings. The van der Waals surface area contributed by atoms with Gasteiger partial charge in [-0.25, -0.2) is 0 Å². The summed E-state index contributed by atoms with van der Waals surface area (Å²) in [5.74, 6) is 0. The van der Waals surface area contributed by atoms with E-state index in [2.05, 4.69) is 72.7 Å². The summed E-state index contributed by atoms with van der Waals surface area (Å²) >= 11 is 0. The van der Waals surface area contributed by atoms with Crippen LogP contribution in [0, 0.1) is 0 Å². The largest absolute Gasteiger partial charge is 0.374 e. The van der Waals surface area contributed by atoms with Gasteiger partial charge in [0.1, 0.15) is 0 Å². The molecule has 0 aromatic carbocycles. The van der Waals surface area contributed by atoms with Gasteiger partial charge in [0.2, 0.25) is 0 Å². The zero-order valence-corrected chi connectivity index (χ0v) is 10.3. The third-order valence-electron chi connectivity index (χ3n) is 3.01. The van der Waals surface area contributed by atoms with Crippen molar-refractivity contribution in [1.82, 2.24) is 4.90 Å². The monoisotopic (exact) mass is 225 g/mol. The van der Waals surface area contributed by atoms with E-state index in [0.717, 1.165) is 19.4 Å². The lowest BCUT2D eigenvalue weighted by Gasteiger charge is -2.22. The van der Waals surface area contributed by atoms with Crippen LogP contribution in [0.5, 0.6) is 0 Å². The topological polar surface area (TPSA) is 3.24 Å². The molecule has 0 saturated carbocycles. The molecule has 1 heteroatoms. The summed E-state index contributed by atoms with van der Waals surface area (Å²) in [6.07, 6.45) is 23.5. The van der Waals surface area contributed by atoms with Gasteiger partial charge >= 0.3 is 0 Å². The van der Waals surface area contributed by atoms with Crippen molar-refractivity contribution >= 4 is 0 Å². The first kappa shape index (κ1) is 11.7. The van der Waals surface area contributed by atoms with Crippen LogP contribution in [-0.4, -0.2) is 18.5 Å². The minimum atomic E-state index is 0.963. The predicted octanol–water partition coefficient (Wildman–Crippen LogP) is 3.76. The maximum Gasteiger partial charge on any atom is 0.0356 e. The van der Waals surface area contributed by atoms with Crippen LogP contribution < -0.4 is 0 Å². The van der Waals surface area contributed by atoms with E-state index in [1.165, 1.54) is 11.3 Å². The summed E-state index contributed by atoms with van der Waals surface area (Å²) in [5, 5.41) is 0. The maximum absolute atomic E-state index is 2.33. The second-order valence-electron chi connectivity index (χ2n) is 4.29. The van der Waals surface area contributed by atoms with Crippen molar-refractivity contribution in [3.63, 3.8) is 0 Å². The van der Waals surface area contributed by atoms with Crippen molar-refractivity contribution in [2.75, 3.05) is 13.6 Å². The molecule has 0 N–H and O–H groups in total. The zero-order valence-electron chi connectivity index (χ0n) is 10.3. The molecule has 0 bridgehead atoms. The number of allylic oxidation sites excluding steroid dienone is 10.